The van der Waals surface area contributed by atoms with Crippen LogP contribution in [0.4, 0.5) is 16.0 Å². The van der Waals surface area contributed by atoms with E-state index < -0.39 is 0 Å². The number of hydrogen-bond donors (Lipinski definition) is 2. The maximum atomic E-state index is 6.14. The fraction of sp³-hybridized carbons (Fsp3) is 0.0769. The number of nitrogens with zero attached hydrogens (tertiary/aromatic N) is 2. The van der Waals surface area contributed by atoms with Gasteiger partial charge in [-0.1, -0.05) is 34.5 Å². The number of rotatable bonds is 3. The lowest BCUT2D eigenvalue weighted by Crippen LogP contribution is -1.90. The van der Waals surface area contributed by atoms with Crippen molar-refractivity contribution >= 4 is 61.8 Å². The molecule has 0 saturated heterocycles. The maximum Gasteiger partial charge on any atom is 0.187 e. The summed E-state index contributed by atoms with van der Waals surface area (Å²) in [6.07, 6.45) is 0. The van der Waals surface area contributed by atoms with E-state index in [1.54, 1.807) is 12.1 Å². The van der Waals surface area contributed by atoms with Gasteiger partial charge in [-0.3, -0.25) is 0 Å². The molecule has 0 atom stereocenters. The van der Waals surface area contributed by atoms with Crippen molar-refractivity contribution < 1.29 is 0 Å². The van der Waals surface area contributed by atoms with Gasteiger partial charge in [-0.05, 0) is 25.1 Å². The van der Waals surface area contributed by atoms with Gasteiger partial charge in [0.05, 0.1) is 27.0 Å². The second-order valence-corrected chi connectivity index (χ2v) is 6.99. The van der Waals surface area contributed by atoms with Crippen molar-refractivity contribution in [2.45, 2.75) is 6.92 Å². The van der Waals surface area contributed by atoms with Crippen molar-refractivity contribution in [1.29, 1.82) is 0 Å². The molecule has 3 N–H and O–H groups in total. The fourth-order valence-electron chi connectivity index (χ4n) is 1.80. The van der Waals surface area contributed by atoms with Crippen molar-refractivity contribution in [3.8, 4) is 10.6 Å². The first-order chi connectivity index (χ1) is 10.0. The quantitative estimate of drug-likeness (QED) is 0.676. The lowest BCUT2D eigenvalue weighted by Gasteiger charge is -2.05. The van der Waals surface area contributed by atoms with Crippen LogP contribution in [0.1, 0.15) is 5.69 Å². The van der Waals surface area contributed by atoms with Crippen LogP contribution in [0.25, 0.3) is 10.6 Å². The molecule has 0 aliphatic carbocycles. The molecular formula is C13H10Cl2N4S2. The van der Waals surface area contributed by atoms with Gasteiger partial charge >= 0.3 is 0 Å². The standard InChI is InChI=1S/C13H10Cl2N4S2/c1-6-11(21-12(16)17-6)10-5-20-13(19-10)18-9-3-2-7(14)4-8(9)15/h2-5H,1H3,(H2,16,17)(H,18,19). The second-order valence-electron chi connectivity index (χ2n) is 4.25. The molecule has 0 fully saturated rings. The van der Waals surface area contributed by atoms with Gasteiger partial charge < -0.3 is 11.1 Å². The van der Waals surface area contributed by atoms with E-state index in [1.165, 1.54) is 22.7 Å². The van der Waals surface area contributed by atoms with Crippen LogP contribution in [0.5, 0.6) is 0 Å². The minimum absolute atomic E-state index is 0.547. The number of halogens is 2. The molecule has 0 saturated carbocycles. The normalized spacial score (nSPS) is 10.8. The molecule has 8 heteroatoms. The van der Waals surface area contributed by atoms with Crippen LogP contribution in [-0.2, 0) is 0 Å². The van der Waals surface area contributed by atoms with Gasteiger partial charge in [0.15, 0.2) is 10.3 Å². The van der Waals surface area contributed by atoms with Crippen LogP contribution in [0.3, 0.4) is 0 Å². The molecule has 0 aliphatic heterocycles. The molecule has 2 heterocycles. The van der Waals surface area contributed by atoms with Gasteiger partial charge in [0.2, 0.25) is 0 Å². The minimum Gasteiger partial charge on any atom is -0.375 e. The Labute approximate surface area is 139 Å². The highest BCUT2D eigenvalue weighted by Crippen LogP contribution is 2.35. The Morgan fingerprint density at radius 1 is 1.24 bits per heavy atom. The lowest BCUT2D eigenvalue weighted by molar-refractivity contribution is 1.26. The first kappa shape index (κ1) is 14.6. The van der Waals surface area contributed by atoms with Crippen molar-refractivity contribution in [3.05, 3.63) is 39.3 Å². The summed E-state index contributed by atoms with van der Waals surface area (Å²) in [5.41, 5.74) is 8.23. The van der Waals surface area contributed by atoms with E-state index >= 15 is 0 Å². The van der Waals surface area contributed by atoms with Gasteiger partial charge in [0.25, 0.3) is 0 Å². The highest BCUT2D eigenvalue weighted by atomic mass is 35.5. The summed E-state index contributed by atoms with van der Waals surface area (Å²) in [4.78, 5) is 9.74. The summed E-state index contributed by atoms with van der Waals surface area (Å²) in [6, 6.07) is 5.29. The zero-order valence-electron chi connectivity index (χ0n) is 10.9. The Hall–Kier alpha value is -1.34. The SMILES string of the molecule is Cc1nc(N)sc1-c1csc(Nc2ccc(Cl)cc2Cl)n1. The highest BCUT2D eigenvalue weighted by molar-refractivity contribution is 7.19. The number of nitrogen functional groups attached to an aromatic ring is 1. The van der Waals surface area contributed by atoms with Gasteiger partial charge in [0, 0.05) is 10.4 Å². The average molecular weight is 357 g/mol. The van der Waals surface area contributed by atoms with Crippen LogP contribution in [0.15, 0.2) is 23.6 Å². The van der Waals surface area contributed by atoms with Crippen molar-refractivity contribution in [1.82, 2.24) is 9.97 Å². The van der Waals surface area contributed by atoms with Crippen molar-refractivity contribution in [2.75, 3.05) is 11.1 Å². The van der Waals surface area contributed by atoms with Crippen molar-refractivity contribution in [2.24, 2.45) is 0 Å². The van der Waals surface area contributed by atoms with Crippen molar-refractivity contribution in [3.63, 3.8) is 0 Å². The van der Waals surface area contributed by atoms with E-state index in [2.05, 4.69) is 15.3 Å². The van der Waals surface area contributed by atoms with E-state index in [0.29, 0.717) is 15.2 Å². The molecule has 3 rings (SSSR count). The first-order valence-corrected chi connectivity index (χ1v) is 8.39. The minimum atomic E-state index is 0.547. The Kier molecular flexibility index (Phi) is 4.03. The van der Waals surface area contributed by atoms with E-state index in [4.69, 9.17) is 28.9 Å². The third-order valence-electron chi connectivity index (χ3n) is 2.72. The van der Waals surface area contributed by atoms with Gasteiger partial charge in [0.1, 0.15) is 0 Å². The van der Waals surface area contributed by atoms with E-state index in [1.807, 2.05) is 18.4 Å². The Bertz CT molecular complexity index is 797. The third-order valence-corrected chi connectivity index (χ3v) is 5.04. The highest BCUT2D eigenvalue weighted by Gasteiger charge is 2.12. The molecular weight excluding hydrogens is 347 g/mol. The monoisotopic (exact) mass is 356 g/mol. The summed E-state index contributed by atoms with van der Waals surface area (Å²) in [6.45, 7) is 1.92. The van der Waals surface area contributed by atoms with Crippen LogP contribution in [-0.4, -0.2) is 9.97 Å². The summed E-state index contributed by atoms with van der Waals surface area (Å²) in [5.74, 6) is 0. The zero-order valence-corrected chi connectivity index (χ0v) is 14.0. The number of aromatic nitrogens is 2. The largest absolute Gasteiger partial charge is 0.375 e. The molecule has 0 unspecified atom stereocenters. The first-order valence-electron chi connectivity index (χ1n) is 5.94. The van der Waals surface area contributed by atoms with Gasteiger partial charge in [-0.2, -0.15) is 0 Å². The molecule has 0 aliphatic rings. The summed E-state index contributed by atoms with van der Waals surface area (Å²) >= 11 is 14.9. The molecule has 2 aromatic heterocycles. The van der Waals surface area contributed by atoms with Crippen LogP contribution in [0.2, 0.25) is 10.0 Å². The summed E-state index contributed by atoms with van der Waals surface area (Å²) < 4.78 is 0. The summed E-state index contributed by atoms with van der Waals surface area (Å²) in [7, 11) is 0. The van der Waals surface area contributed by atoms with E-state index in [-0.39, 0.29) is 0 Å². The van der Waals surface area contributed by atoms with E-state index in [0.717, 1.165) is 27.1 Å². The Balaban J connectivity index is 1.87. The predicted molar refractivity (Wildman–Crippen MR) is 92.1 cm³/mol. The number of aryl methyl sites for hydroxylation is 1. The number of thiazole rings is 2. The number of benzene rings is 1. The number of nitrogens with one attached hydrogen (secondary N) is 1. The predicted octanol–water partition coefficient (Wildman–Crippen LogP) is 5.21. The molecule has 0 bridgehead atoms. The van der Waals surface area contributed by atoms with Crippen LogP contribution in [0, 0.1) is 6.92 Å². The summed E-state index contributed by atoms with van der Waals surface area (Å²) in [5, 5.41) is 7.60. The molecule has 1 aromatic carbocycles. The van der Waals surface area contributed by atoms with Crippen LogP contribution >= 0.6 is 45.9 Å². The van der Waals surface area contributed by atoms with Crippen LogP contribution < -0.4 is 11.1 Å². The van der Waals surface area contributed by atoms with Gasteiger partial charge in [-0.25, -0.2) is 9.97 Å². The number of nitrogens with two attached hydrogens (primary N) is 1. The third kappa shape index (κ3) is 3.13. The lowest BCUT2D eigenvalue weighted by atomic mass is 10.3. The molecule has 4 nitrogen and oxygen atoms in total. The molecule has 108 valence electrons. The molecule has 0 spiro atoms. The zero-order chi connectivity index (χ0) is 15.0. The molecule has 0 radical (unpaired) electrons. The fourth-order valence-corrected chi connectivity index (χ4v) is 3.83. The average Bonchev–Trinajstić information content (AvgIpc) is 2.99. The van der Waals surface area contributed by atoms with Gasteiger partial charge in [-0.15, -0.1) is 11.3 Å². The smallest absolute Gasteiger partial charge is 0.187 e. The molecule has 3 aromatic rings. The van der Waals surface area contributed by atoms with E-state index in [9.17, 15) is 0 Å². The maximum absolute atomic E-state index is 6.14. The second kappa shape index (κ2) is 5.81. The number of anilines is 3. The Morgan fingerprint density at radius 2 is 2.05 bits per heavy atom. The Morgan fingerprint density at radius 3 is 2.71 bits per heavy atom. The number of hydrogen-bond acceptors (Lipinski definition) is 6. The topological polar surface area (TPSA) is 63.8 Å². The molecule has 0 amide bonds. The molecule has 21 heavy (non-hydrogen) atoms.